The van der Waals surface area contributed by atoms with Gasteiger partial charge in [-0.3, -0.25) is 4.68 Å². The van der Waals surface area contributed by atoms with Gasteiger partial charge in [-0.2, -0.15) is 5.10 Å². The number of rotatable bonds is 5. The quantitative estimate of drug-likeness (QED) is 0.883. The average Bonchev–Trinajstić information content (AvgIpc) is 2.84. The van der Waals surface area contributed by atoms with Gasteiger partial charge in [0, 0.05) is 5.69 Å². The van der Waals surface area contributed by atoms with Gasteiger partial charge >= 0.3 is 0 Å². The smallest absolute Gasteiger partial charge is 0.0784 e. The maximum Gasteiger partial charge on any atom is 0.0784 e. The van der Waals surface area contributed by atoms with Crippen LogP contribution in [0.4, 0.5) is 0 Å². The molecule has 0 aliphatic heterocycles. The molecule has 3 nitrogen and oxygen atoms in total. The lowest BCUT2D eigenvalue weighted by atomic mass is 9.81. The minimum Gasteiger partial charge on any atom is -0.391 e. The Morgan fingerprint density at radius 1 is 1.26 bits per heavy atom. The van der Waals surface area contributed by atoms with Gasteiger partial charge in [0.15, 0.2) is 0 Å². The van der Waals surface area contributed by atoms with Gasteiger partial charge in [-0.05, 0) is 44.1 Å². The Labute approximate surface area is 117 Å². The predicted octanol–water partition coefficient (Wildman–Crippen LogP) is 3.51. The van der Waals surface area contributed by atoms with E-state index in [9.17, 15) is 5.11 Å². The largest absolute Gasteiger partial charge is 0.391 e. The fourth-order valence-corrected chi connectivity index (χ4v) is 3.36. The van der Waals surface area contributed by atoms with Crippen LogP contribution in [0.25, 0.3) is 0 Å². The van der Waals surface area contributed by atoms with E-state index in [4.69, 9.17) is 5.10 Å². The Kier molecular flexibility index (Phi) is 5.03. The average molecular weight is 264 g/mol. The lowest BCUT2D eigenvalue weighted by Gasteiger charge is -2.34. The molecule has 0 spiro atoms. The summed E-state index contributed by atoms with van der Waals surface area (Å²) in [6.45, 7) is 6.57. The van der Waals surface area contributed by atoms with E-state index >= 15 is 0 Å². The summed E-state index contributed by atoms with van der Waals surface area (Å²) in [5.41, 5.74) is 2.43. The molecule has 1 aromatic heterocycles. The van der Waals surface area contributed by atoms with Crippen molar-refractivity contribution in [1.82, 2.24) is 9.78 Å². The second-order valence-corrected chi connectivity index (χ2v) is 5.88. The summed E-state index contributed by atoms with van der Waals surface area (Å²) >= 11 is 0. The molecule has 0 saturated heterocycles. The standard InChI is InChI=1S/C16H28N2O/c1-4-7-12-8-9-16(19)15(10-12)18-14(6-3)11-13(5-2)17-18/h11-12,15-16,19H,4-10H2,1-3H3. The summed E-state index contributed by atoms with van der Waals surface area (Å²) in [6.07, 6.45) is 7.47. The number of aliphatic hydroxyl groups is 1. The predicted molar refractivity (Wildman–Crippen MR) is 78.3 cm³/mol. The molecule has 0 amide bonds. The van der Waals surface area contributed by atoms with Gasteiger partial charge in [-0.15, -0.1) is 0 Å². The number of hydrogen-bond donors (Lipinski definition) is 1. The number of aromatic nitrogens is 2. The van der Waals surface area contributed by atoms with Crippen molar-refractivity contribution in [3.8, 4) is 0 Å². The van der Waals surface area contributed by atoms with E-state index in [0.717, 1.165) is 37.3 Å². The molecule has 2 rings (SSSR count). The molecule has 19 heavy (non-hydrogen) atoms. The maximum absolute atomic E-state index is 10.3. The summed E-state index contributed by atoms with van der Waals surface area (Å²) in [7, 11) is 0. The number of aryl methyl sites for hydroxylation is 2. The molecule has 3 heteroatoms. The molecule has 3 atom stereocenters. The number of hydrogen-bond acceptors (Lipinski definition) is 2. The van der Waals surface area contributed by atoms with Crippen LogP contribution < -0.4 is 0 Å². The van der Waals surface area contributed by atoms with Gasteiger partial charge in [0.2, 0.25) is 0 Å². The molecule has 1 saturated carbocycles. The second kappa shape index (κ2) is 6.56. The zero-order valence-corrected chi connectivity index (χ0v) is 12.6. The molecule has 0 radical (unpaired) electrons. The highest BCUT2D eigenvalue weighted by molar-refractivity contribution is 5.12. The lowest BCUT2D eigenvalue weighted by Crippen LogP contribution is -2.33. The fourth-order valence-electron chi connectivity index (χ4n) is 3.36. The molecule has 1 aliphatic carbocycles. The second-order valence-electron chi connectivity index (χ2n) is 5.88. The molecule has 3 unspecified atom stereocenters. The first-order chi connectivity index (χ1) is 9.19. The van der Waals surface area contributed by atoms with Crippen LogP contribution in [0.2, 0.25) is 0 Å². The monoisotopic (exact) mass is 264 g/mol. The van der Waals surface area contributed by atoms with E-state index < -0.39 is 0 Å². The highest BCUT2D eigenvalue weighted by atomic mass is 16.3. The van der Waals surface area contributed by atoms with E-state index in [0.29, 0.717) is 0 Å². The Hall–Kier alpha value is -0.830. The highest BCUT2D eigenvalue weighted by Crippen LogP contribution is 2.35. The first-order valence-electron chi connectivity index (χ1n) is 7.94. The van der Waals surface area contributed by atoms with Crippen LogP contribution >= 0.6 is 0 Å². The minimum atomic E-state index is -0.219. The molecule has 0 bridgehead atoms. The van der Waals surface area contributed by atoms with Crippen molar-refractivity contribution < 1.29 is 5.11 Å². The molecule has 108 valence electrons. The van der Waals surface area contributed by atoms with Crippen molar-refractivity contribution in [1.29, 1.82) is 0 Å². The van der Waals surface area contributed by atoms with Crippen molar-refractivity contribution in [3.63, 3.8) is 0 Å². The van der Waals surface area contributed by atoms with Crippen LogP contribution in [-0.2, 0) is 12.8 Å². The van der Waals surface area contributed by atoms with E-state index in [1.54, 1.807) is 0 Å². The van der Waals surface area contributed by atoms with Crippen molar-refractivity contribution >= 4 is 0 Å². The summed E-state index contributed by atoms with van der Waals surface area (Å²) in [5, 5.41) is 15.1. The van der Waals surface area contributed by atoms with Crippen molar-refractivity contribution in [2.24, 2.45) is 5.92 Å². The van der Waals surface area contributed by atoms with E-state index in [1.807, 2.05) is 0 Å². The third-order valence-corrected chi connectivity index (χ3v) is 4.49. The Morgan fingerprint density at radius 2 is 2.05 bits per heavy atom. The third kappa shape index (κ3) is 3.19. The van der Waals surface area contributed by atoms with Crippen LogP contribution in [0, 0.1) is 5.92 Å². The maximum atomic E-state index is 10.3. The Bertz CT molecular complexity index is 399. The van der Waals surface area contributed by atoms with E-state index in [2.05, 4.69) is 31.5 Å². The molecule has 1 aliphatic rings. The number of aliphatic hydroxyl groups excluding tert-OH is 1. The van der Waals surface area contributed by atoms with Gasteiger partial charge < -0.3 is 5.11 Å². The lowest BCUT2D eigenvalue weighted by molar-refractivity contribution is 0.0450. The van der Waals surface area contributed by atoms with Gasteiger partial charge in [0.1, 0.15) is 0 Å². The normalized spacial score (nSPS) is 27.7. The molecule has 0 aromatic carbocycles. The molecule has 1 N–H and O–H groups in total. The topological polar surface area (TPSA) is 38.0 Å². The third-order valence-electron chi connectivity index (χ3n) is 4.49. The van der Waals surface area contributed by atoms with E-state index in [-0.39, 0.29) is 12.1 Å². The zero-order valence-electron chi connectivity index (χ0n) is 12.6. The van der Waals surface area contributed by atoms with Crippen LogP contribution in [0.3, 0.4) is 0 Å². The van der Waals surface area contributed by atoms with Crippen LogP contribution in [0.5, 0.6) is 0 Å². The van der Waals surface area contributed by atoms with Crippen molar-refractivity contribution in [2.45, 2.75) is 77.9 Å². The molecular weight excluding hydrogens is 236 g/mol. The molecule has 1 heterocycles. The zero-order chi connectivity index (χ0) is 13.8. The molecular formula is C16H28N2O. The first-order valence-corrected chi connectivity index (χ1v) is 7.94. The minimum absolute atomic E-state index is 0.195. The SMILES string of the molecule is CCCC1CCC(O)C(n2nc(CC)cc2CC)C1. The first kappa shape index (κ1) is 14.6. The Morgan fingerprint density at radius 3 is 2.68 bits per heavy atom. The van der Waals surface area contributed by atoms with Crippen LogP contribution in [0.15, 0.2) is 6.07 Å². The summed E-state index contributed by atoms with van der Waals surface area (Å²) in [5.74, 6) is 0.761. The van der Waals surface area contributed by atoms with E-state index in [1.165, 1.54) is 25.0 Å². The summed E-state index contributed by atoms with van der Waals surface area (Å²) in [4.78, 5) is 0. The van der Waals surface area contributed by atoms with Crippen LogP contribution in [-0.4, -0.2) is 21.0 Å². The van der Waals surface area contributed by atoms with Gasteiger partial charge in [0.05, 0.1) is 17.8 Å². The van der Waals surface area contributed by atoms with Gasteiger partial charge in [0.25, 0.3) is 0 Å². The van der Waals surface area contributed by atoms with Gasteiger partial charge in [-0.1, -0.05) is 33.6 Å². The summed E-state index contributed by atoms with van der Waals surface area (Å²) < 4.78 is 2.13. The highest BCUT2D eigenvalue weighted by Gasteiger charge is 2.31. The summed E-state index contributed by atoms with van der Waals surface area (Å²) in [6, 6.07) is 2.40. The fraction of sp³-hybridized carbons (Fsp3) is 0.812. The van der Waals surface area contributed by atoms with Gasteiger partial charge in [-0.25, -0.2) is 0 Å². The van der Waals surface area contributed by atoms with Crippen molar-refractivity contribution in [3.05, 3.63) is 17.5 Å². The number of nitrogens with zero attached hydrogens (tertiary/aromatic N) is 2. The van der Waals surface area contributed by atoms with Crippen LogP contribution in [0.1, 0.15) is 70.3 Å². The van der Waals surface area contributed by atoms with Crippen molar-refractivity contribution in [2.75, 3.05) is 0 Å². The molecule has 1 aromatic rings. The molecule has 1 fully saturated rings. The Balaban J connectivity index is 2.20.